The lowest BCUT2D eigenvalue weighted by Crippen LogP contribution is -2.28. The predicted octanol–water partition coefficient (Wildman–Crippen LogP) is 4.18. The van der Waals surface area contributed by atoms with Crippen molar-refractivity contribution in [2.45, 2.75) is 18.2 Å². The zero-order valence-corrected chi connectivity index (χ0v) is 15.4. The first kappa shape index (κ1) is 17.5. The second kappa shape index (κ2) is 8.10. The Morgan fingerprint density at radius 2 is 2.14 bits per heavy atom. The molecule has 1 aromatic carbocycles. The smallest absolute Gasteiger partial charge is 0.230 e. The molecule has 0 aliphatic rings. The largest absolute Gasteiger partial charge is 0.355 e. The molecule has 22 heavy (non-hydrogen) atoms. The van der Waals surface area contributed by atoms with E-state index in [0.717, 1.165) is 10.0 Å². The van der Waals surface area contributed by atoms with E-state index in [0.29, 0.717) is 27.2 Å². The summed E-state index contributed by atoms with van der Waals surface area (Å²) in [5, 5.41) is 8.00. The van der Waals surface area contributed by atoms with Gasteiger partial charge in [-0.15, -0.1) is 5.10 Å². The molecule has 0 spiro atoms. The van der Waals surface area contributed by atoms with Crippen molar-refractivity contribution in [3.63, 3.8) is 0 Å². The van der Waals surface area contributed by atoms with Gasteiger partial charge in [-0.2, -0.15) is 0 Å². The van der Waals surface area contributed by atoms with Crippen molar-refractivity contribution in [2.75, 3.05) is 12.3 Å². The monoisotopic (exact) mass is 373 g/mol. The third-order valence-electron chi connectivity index (χ3n) is 2.63. The average molecular weight is 374 g/mol. The molecule has 2 aromatic rings. The molecule has 1 N–H and O–H groups in total. The van der Waals surface area contributed by atoms with Gasteiger partial charge in [0.25, 0.3) is 0 Å². The highest BCUT2D eigenvalue weighted by molar-refractivity contribution is 8.01. The fraction of sp³-hybridized carbons (Fsp3) is 0.357. The van der Waals surface area contributed by atoms with Crippen molar-refractivity contribution in [3.8, 4) is 5.69 Å². The molecule has 0 aliphatic heterocycles. The lowest BCUT2D eigenvalue weighted by molar-refractivity contribution is -0.118. The molecule has 4 nitrogen and oxygen atoms in total. The summed E-state index contributed by atoms with van der Waals surface area (Å²) < 4.78 is 3.11. The first-order valence-electron chi connectivity index (χ1n) is 6.71. The Labute approximate surface area is 147 Å². The number of rotatable bonds is 6. The molecule has 0 radical (unpaired) electrons. The predicted molar refractivity (Wildman–Crippen MR) is 95.9 cm³/mol. The van der Waals surface area contributed by atoms with Crippen molar-refractivity contribution < 1.29 is 4.79 Å². The molecule has 0 fully saturated rings. The van der Waals surface area contributed by atoms with Crippen LogP contribution >= 0.6 is 46.9 Å². The van der Waals surface area contributed by atoms with Crippen LogP contribution in [0.15, 0.2) is 28.6 Å². The molecule has 8 heteroatoms. The summed E-state index contributed by atoms with van der Waals surface area (Å²) in [7, 11) is 0. The van der Waals surface area contributed by atoms with Crippen LogP contribution in [0.25, 0.3) is 5.69 Å². The van der Waals surface area contributed by atoms with Crippen LogP contribution in [0.4, 0.5) is 0 Å². The summed E-state index contributed by atoms with van der Waals surface area (Å²) in [5.74, 6) is 0.799. The highest BCUT2D eigenvalue weighted by Crippen LogP contribution is 2.24. The number of carbonyl (C=O) groups is 1. The number of nitrogens with one attached hydrogen (secondary N) is 1. The topological polar surface area (TPSA) is 46.9 Å². The van der Waals surface area contributed by atoms with Gasteiger partial charge in [-0.1, -0.05) is 48.5 Å². The van der Waals surface area contributed by atoms with Gasteiger partial charge in [0, 0.05) is 11.6 Å². The van der Waals surface area contributed by atoms with Crippen LogP contribution in [0.5, 0.6) is 0 Å². The van der Waals surface area contributed by atoms with E-state index >= 15 is 0 Å². The maximum atomic E-state index is 11.7. The Morgan fingerprint density at radius 3 is 2.77 bits per heavy atom. The van der Waals surface area contributed by atoms with Gasteiger partial charge < -0.3 is 5.32 Å². The summed E-state index contributed by atoms with van der Waals surface area (Å²) in [5.41, 5.74) is 0.863. The van der Waals surface area contributed by atoms with E-state index in [1.807, 2.05) is 12.1 Å². The molecular weight excluding hydrogens is 358 g/mol. The van der Waals surface area contributed by atoms with Gasteiger partial charge >= 0.3 is 0 Å². The number of amides is 1. The Bertz CT molecular complexity index is 694. The van der Waals surface area contributed by atoms with Gasteiger partial charge in [-0.05, 0) is 42.4 Å². The second-order valence-electron chi connectivity index (χ2n) is 5.01. The Hall–Kier alpha value is -0.890. The Kier molecular flexibility index (Phi) is 6.43. The first-order chi connectivity index (χ1) is 10.5. The molecule has 2 rings (SSSR count). The van der Waals surface area contributed by atoms with Gasteiger partial charge in [0.05, 0.1) is 11.4 Å². The van der Waals surface area contributed by atoms with Crippen molar-refractivity contribution in [2.24, 2.45) is 5.92 Å². The standard InChI is InChI=1S/C14H16ClN3OS3/c1-9(2)7-16-12(19)8-21-13-17-18(14(20)22-13)11-5-3-10(15)4-6-11/h3-6,9H,7-8H2,1-2H3,(H,16,19). The zero-order chi connectivity index (χ0) is 16.1. The minimum Gasteiger partial charge on any atom is -0.355 e. The Morgan fingerprint density at radius 1 is 1.45 bits per heavy atom. The maximum Gasteiger partial charge on any atom is 0.230 e. The Balaban J connectivity index is 1.99. The highest BCUT2D eigenvalue weighted by Gasteiger charge is 2.09. The fourth-order valence-electron chi connectivity index (χ4n) is 1.56. The van der Waals surface area contributed by atoms with Crippen LogP contribution in [0.3, 0.4) is 0 Å². The van der Waals surface area contributed by atoms with E-state index in [9.17, 15) is 4.79 Å². The van der Waals surface area contributed by atoms with Crippen LogP contribution in [0.2, 0.25) is 5.02 Å². The second-order valence-corrected chi connectivity index (χ2v) is 8.29. The minimum atomic E-state index is 0.0119. The zero-order valence-electron chi connectivity index (χ0n) is 12.2. The fourth-order valence-corrected chi connectivity index (χ4v) is 3.88. The third-order valence-corrected chi connectivity index (χ3v) is 5.25. The molecule has 0 bridgehead atoms. The molecular formula is C14H16ClN3OS3. The van der Waals surface area contributed by atoms with E-state index in [2.05, 4.69) is 24.3 Å². The number of thioether (sulfide) groups is 1. The van der Waals surface area contributed by atoms with Crippen LogP contribution < -0.4 is 5.32 Å². The minimum absolute atomic E-state index is 0.0119. The van der Waals surface area contributed by atoms with Gasteiger partial charge in [0.2, 0.25) is 5.91 Å². The summed E-state index contributed by atoms with van der Waals surface area (Å²) in [6, 6.07) is 7.32. The molecule has 0 saturated heterocycles. The van der Waals surface area contributed by atoms with Crippen LogP contribution in [-0.4, -0.2) is 28.0 Å². The molecule has 1 amide bonds. The van der Waals surface area contributed by atoms with E-state index in [-0.39, 0.29) is 5.91 Å². The normalized spacial score (nSPS) is 10.9. The van der Waals surface area contributed by atoms with E-state index in [4.69, 9.17) is 23.8 Å². The summed E-state index contributed by atoms with van der Waals surface area (Å²) in [4.78, 5) is 11.7. The van der Waals surface area contributed by atoms with Crippen molar-refractivity contribution in [3.05, 3.63) is 33.2 Å². The van der Waals surface area contributed by atoms with E-state index in [1.165, 1.54) is 23.1 Å². The van der Waals surface area contributed by atoms with Crippen molar-refractivity contribution in [1.82, 2.24) is 15.1 Å². The maximum absolute atomic E-state index is 11.7. The number of halogens is 1. The summed E-state index contributed by atoms with van der Waals surface area (Å²) in [6.45, 7) is 4.81. The van der Waals surface area contributed by atoms with Crippen molar-refractivity contribution in [1.29, 1.82) is 0 Å². The number of hydrogen-bond donors (Lipinski definition) is 1. The first-order valence-corrected chi connectivity index (χ1v) is 9.30. The lowest BCUT2D eigenvalue weighted by Gasteiger charge is -2.06. The van der Waals surface area contributed by atoms with E-state index < -0.39 is 0 Å². The molecule has 0 atom stereocenters. The molecule has 1 heterocycles. The van der Waals surface area contributed by atoms with E-state index in [1.54, 1.807) is 16.8 Å². The quantitative estimate of drug-likeness (QED) is 0.609. The molecule has 0 unspecified atom stereocenters. The molecule has 0 saturated carbocycles. The average Bonchev–Trinajstić information content (AvgIpc) is 2.85. The van der Waals surface area contributed by atoms with Gasteiger partial charge in [0.15, 0.2) is 8.29 Å². The van der Waals surface area contributed by atoms with Gasteiger partial charge in [-0.3, -0.25) is 4.79 Å². The summed E-state index contributed by atoms with van der Waals surface area (Å²) in [6.07, 6.45) is 0. The third kappa shape index (κ3) is 5.08. The summed E-state index contributed by atoms with van der Waals surface area (Å²) >= 11 is 14.0. The molecule has 1 aromatic heterocycles. The number of benzene rings is 1. The van der Waals surface area contributed by atoms with Crippen LogP contribution in [0.1, 0.15) is 13.8 Å². The van der Waals surface area contributed by atoms with Crippen LogP contribution in [-0.2, 0) is 4.79 Å². The van der Waals surface area contributed by atoms with Gasteiger partial charge in [0.1, 0.15) is 0 Å². The van der Waals surface area contributed by atoms with Crippen molar-refractivity contribution >= 4 is 52.8 Å². The molecule has 0 aliphatic carbocycles. The number of nitrogens with zero attached hydrogens (tertiary/aromatic N) is 2. The highest BCUT2D eigenvalue weighted by atomic mass is 35.5. The lowest BCUT2D eigenvalue weighted by atomic mass is 10.2. The van der Waals surface area contributed by atoms with Gasteiger partial charge in [-0.25, -0.2) is 4.68 Å². The number of carbonyl (C=O) groups excluding carboxylic acids is 1. The number of hydrogen-bond acceptors (Lipinski definition) is 5. The molecule has 118 valence electrons. The van der Waals surface area contributed by atoms with Crippen LogP contribution in [0, 0.1) is 9.87 Å². The SMILES string of the molecule is CC(C)CNC(=O)CSc1nn(-c2ccc(Cl)cc2)c(=S)s1. The number of aromatic nitrogens is 2.